The Balaban J connectivity index is 2.25. The van der Waals surface area contributed by atoms with Crippen LogP contribution in [0.3, 0.4) is 0 Å². The van der Waals surface area contributed by atoms with Gasteiger partial charge in [0.05, 0.1) is 12.7 Å². The molecular formula is C13H20N4O2. The molecule has 0 unspecified atom stereocenters. The van der Waals surface area contributed by atoms with Gasteiger partial charge in [0.25, 0.3) is 5.91 Å². The van der Waals surface area contributed by atoms with E-state index in [-0.39, 0.29) is 11.9 Å². The molecule has 104 valence electrons. The van der Waals surface area contributed by atoms with E-state index >= 15 is 0 Å². The molecule has 6 nitrogen and oxygen atoms in total. The average molecular weight is 264 g/mol. The summed E-state index contributed by atoms with van der Waals surface area (Å²) in [6, 6.07) is -0.307. The van der Waals surface area contributed by atoms with Crippen LogP contribution in [0, 0.1) is 0 Å². The molecule has 3 amide bonds. The van der Waals surface area contributed by atoms with E-state index in [9.17, 15) is 9.59 Å². The number of aromatic nitrogens is 2. The van der Waals surface area contributed by atoms with Gasteiger partial charge in [0.1, 0.15) is 5.54 Å². The highest BCUT2D eigenvalue weighted by atomic mass is 16.2. The van der Waals surface area contributed by atoms with Crippen molar-refractivity contribution >= 4 is 11.9 Å². The molecule has 1 aromatic rings. The van der Waals surface area contributed by atoms with Crippen molar-refractivity contribution in [1.82, 2.24) is 20.0 Å². The Hall–Kier alpha value is -1.85. The summed E-state index contributed by atoms with van der Waals surface area (Å²) in [5, 5.41) is 6.62. The van der Waals surface area contributed by atoms with Crippen LogP contribution in [0.5, 0.6) is 0 Å². The molecule has 1 saturated heterocycles. The Morgan fingerprint density at radius 2 is 1.95 bits per heavy atom. The predicted molar refractivity (Wildman–Crippen MR) is 70.3 cm³/mol. The number of amides is 3. The Kier molecular flexibility index (Phi) is 3.59. The molecule has 2 heterocycles. The zero-order valence-corrected chi connectivity index (χ0v) is 11.6. The van der Waals surface area contributed by atoms with Crippen LogP contribution in [0.25, 0.3) is 0 Å². The largest absolute Gasteiger partial charge is 0.325 e. The van der Waals surface area contributed by atoms with Crippen molar-refractivity contribution in [2.24, 2.45) is 0 Å². The van der Waals surface area contributed by atoms with E-state index in [0.717, 1.165) is 12.1 Å². The van der Waals surface area contributed by atoms with Crippen molar-refractivity contribution < 1.29 is 9.59 Å². The molecule has 0 bridgehead atoms. The van der Waals surface area contributed by atoms with Crippen molar-refractivity contribution in [3.05, 3.63) is 18.0 Å². The molecule has 0 atom stereocenters. The Morgan fingerprint density at radius 3 is 2.47 bits per heavy atom. The number of carbonyl (C=O) groups excluding carboxylic acids is 2. The third kappa shape index (κ3) is 2.11. The van der Waals surface area contributed by atoms with E-state index in [2.05, 4.69) is 10.4 Å². The van der Waals surface area contributed by atoms with Crippen LogP contribution < -0.4 is 5.32 Å². The summed E-state index contributed by atoms with van der Waals surface area (Å²) >= 11 is 0. The van der Waals surface area contributed by atoms with Crippen molar-refractivity contribution in [2.75, 3.05) is 0 Å². The molecule has 0 saturated carbocycles. The SMILES string of the molecule is CCn1cc(CN2C(=O)NC(=O)C2(CC)CC)cn1. The van der Waals surface area contributed by atoms with Crippen LogP contribution in [-0.4, -0.2) is 32.2 Å². The molecule has 0 aromatic carbocycles. The van der Waals surface area contributed by atoms with Crippen LogP contribution in [0.15, 0.2) is 12.4 Å². The first-order chi connectivity index (χ1) is 9.07. The Bertz CT molecular complexity index is 491. The van der Waals surface area contributed by atoms with Gasteiger partial charge in [-0.05, 0) is 19.8 Å². The van der Waals surface area contributed by atoms with Gasteiger partial charge in [0.15, 0.2) is 0 Å². The molecule has 0 aliphatic carbocycles. The van der Waals surface area contributed by atoms with E-state index in [0.29, 0.717) is 19.4 Å². The second-order valence-electron chi connectivity index (χ2n) is 4.79. The Labute approximate surface area is 112 Å². The van der Waals surface area contributed by atoms with Gasteiger partial charge in [-0.3, -0.25) is 14.8 Å². The van der Waals surface area contributed by atoms with Gasteiger partial charge in [0, 0.05) is 18.3 Å². The molecule has 0 spiro atoms. The zero-order chi connectivity index (χ0) is 14.0. The molecular weight excluding hydrogens is 244 g/mol. The standard InChI is InChI=1S/C13H20N4O2/c1-4-13(5-2)11(18)15-12(19)17(13)9-10-7-14-16(6-3)8-10/h7-8H,4-6,9H2,1-3H3,(H,15,18,19). The lowest BCUT2D eigenvalue weighted by Crippen LogP contribution is -2.48. The fourth-order valence-electron chi connectivity index (χ4n) is 2.62. The van der Waals surface area contributed by atoms with Crippen LogP contribution in [0.1, 0.15) is 39.2 Å². The topological polar surface area (TPSA) is 67.2 Å². The summed E-state index contributed by atoms with van der Waals surface area (Å²) in [4.78, 5) is 25.6. The highest BCUT2D eigenvalue weighted by molar-refractivity contribution is 6.06. The molecule has 1 aliphatic rings. The second-order valence-corrected chi connectivity index (χ2v) is 4.79. The van der Waals surface area contributed by atoms with E-state index < -0.39 is 5.54 Å². The quantitative estimate of drug-likeness (QED) is 0.820. The molecule has 0 radical (unpaired) electrons. The summed E-state index contributed by atoms with van der Waals surface area (Å²) in [5.74, 6) is -0.189. The number of rotatable bonds is 5. The van der Waals surface area contributed by atoms with Gasteiger partial charge >= 0.3 is 6.03 Å². The first-order valence-electron chi connectivity index (χ1n) is 6.71. The smallest absolute Gasteiger partial charge is 0.305 e. The van der Waals surface area contributed by atoms with Crippen LogP contribution in [-0.2, 0) is 17.9 Å². The molecule has 2 rings (SSSR count). The summed E-state index contributed by atoms with van der Waals surface area (Å²) < 4.78 is 1.81. The number of hydrogen-bond donors (Lipinski definition) is 1. The van der Waals surface area contributed by atoms with Crippen LogP contribution in [0.4, 0.5) is 4.79 Å². The average Bonchev–Trinajstić information content (AvgIpc) is 2.95. The normalized spacial score (nSPS) is 17.9. The number of urea groups is 1. The van der Waals surface area contributed by atoms with Gasteiger partial charge in [0.2, 0.25) is 0 Å². The fraction of sp³-hybridized carbons (Fsp3) is 0.615. The number of nitrogens with one attached hydrogen (secondary N) is 1. The lowest BCUT2D eigenvalue weighted by Gasteiger charge is -2.33. The van der Waals surface area contributed by atoms with Gasteiger partial charge in [-0.25, -0.2) is 4.79 Å². The lowest BCUT2D eigenvalue weighted by molar-refractivity contribution is -0.127. The number of aryl methyl sites for hydroxylation is 1. The summed E-state index contributed by atoms with van der Waals surface area (Å²) in [5.41, 5.74) is 0.226. The van der Waals surface area contributed by atoms with E-state index in [4.69, 9.17) is 0 Å². The van der Waals surface area contributed by atoms with E-state index in [1.54, 1.807) is 11.1 Å². The maximum absolute atomic E-state index is 12.0. The maximum atomic E-state index is 12.0. The molecule has 1 aromatic heterocycles. The van der Waals surface area contributed by atoms with Crippen molar-refractivity contribution in [1.29, 1.82) is 0 Å². The van der Waals surface area contributed by atoms with Crippen molar-refractivity contribution in [2.45, 2.75) is 52.2 Å². The molecule has 1 N–H and O–H groups in total. The highest BCUT2D eigenvalue weighted by Gasteiger charge is 2.50. The molecule has 6 heteroatoms. The number of hydrogen-bond acceptors (Lipinski definition) is 3. The van der Waals surface area contributed by atoms with E-state index in [1.165, 1.54) is 0 Å². The lowest BCUT2D eigenvalue weighted by atomic mass is 9.91. The molecule has 19 heavy (non-hydrogen) atoms. The fourth-order valence-corrected chi connectivity index (χ4v) is 2.62. The number of carbonyl (C=O) groups is 2. The van der Waals surface area contributed by atoms with Gasteiger partial charge < -0.3 is 4.90 Å². The van der Waals surface area contributed by atoms with Crippen molar-refractivity contribution in [3.8, 4) is 0 Å². The Morgan fingerprint density at radius 1 is 1.26 bits per heavy atom. The van der Waals surface area contributed by atoms with Gasteiger partial charge in [-0.1, -0.05) is 13.8 Å². The van der Waals surface area contributed by atoms with Gasteiger partial charge in [-0.15, -0.1) is 0 Å². The van der Waals surface area contributed by atoms with Gasteiger partial charge in [-0.2, -0.15) is 5.10 Å². The first kappa shape index (κ1) is 13.6. The predicted octanol–water partition coefficient (Wildman–Crippen LogP) is 1.51. The second kappa shape index (κ2) is 5.03. The summed E-state index contributed by atoms with van der Waals surface area (Å²) in [7, 11) is 0. The van der Waals surface area contributed by atoms with Crippen LogP contribution >= 0.6 is 0 Å². The first-order valence-corrected chi connectivity index (χ1v) is 6.71. The minimum Gasteiger partial charge on any atom is -0.305 e. The third-order valence-corrected chi connectivity index (χ3v) is 3.93. The highest BCUT2D eigenvalue weighted by Crippen LogP contribution is 2.30. The third-order valence-electron chi connectivity index (χ3n) is 3.93. The van der Waals surface area contributed by atoms with Crippen LogP contribution in [0.2, 0.25) is 0 Å². The molecule has 1 fully saturated rings. The summed E-state index contributed by atoms with van der Waals surface area (Å²) in [6.45, 7) is 7.08. The molecule has 1 aliphatic heterocycles. The minimum absolute atomic E-state index is 0.189. The number of imide groups is 1. The van der Waals surface area contributed by atoms with Crippen molar-refractivity contribution in [3.63, 3.8) is 0 Å². The summed E-state index contributed by atoms with van der Waals surface area (Å²) in [6.07, 6.45) is 4.88. The minimum atomic E-state index is -0.717. The maximum Gasteiger partial charge on any atom is 0.325 e. The monoisotopic (exact) mass is 264 g/mol. The zero-order valence-electron chi connectivity index (χ0n) is 11.6. The number of nitrogens with zero attached hydrogens (tertiary/aromatic N) is 3. The van der Waals surface area contributed by atoms with E-state index in [1.807, 2.05) is 31.6 Å².